The number of hydrogen-bond acceptors (Lipinski definition) is 5. The number of benzene rings is 1. The molecular formula is C19H26N2O3. The van der Waals surface area contributed by atoms with Crippen molar-refractivity contribution in [1.82, 2.24) is 4.90 Å². The van der Waals surface area contributed by atoms with Gasteiger partial charge < -0.3 is 14.6 Å². The zero-order valence-electron chi connectivity index (χ0n) is 14.3. The molecule has 2 unspecified atom stereocenters. The van der Waals surface area contributed by atoms with Crippen molar-refractivity contribution in [3.05, 3.63) is 29.8 Å². The van der Waals surface area contributed by atoms with Crippen LogP contribution in [0.4, 0.5) is 0 Å². The second kappa shape index (κ2) is 7.52. The van der Waals surface area contributed by atoms with Crippen LogP contribution in [0.25, 0.3) is 0 Å². The van der Waals surface area contributed by atoms with E-state index >= 15 is 0 Å². The highest BCUT2D eigenvalue weighted by Gasteiger charge is 2.55. The van der Waals surface area contributed by atoms with E-state index in [0.717, 1.165) is 51.3 Å². The molecule has 1 heterocycles. The zero-order chi connectivity index (χ0) is 17.0. The molecule has 0 aromatic heterocycles. The van der Waals surface area contributed by atoms with E-state index in [4.69, 9.17) is 14.7 Å². The topological polar surface area (TPSA) is 65.7 Å². The normalized spacial score (nSPS) is 25.9. The van der Waals surface area contributed by atoms with Crippen molar-refractivity contribution in [2.75, 3.05) is 32.8 Å². The molecule has 1 N–H and O–H groups in total. The molecule has 24 heavy (non-hydrogen) atoms. The van der Waals surface area contributed by atoms with Gasteiger partial charge in [0.25, 0.3) is 0 Å². The Morgan fingerprint density at radius 2 is 2.17 bits per heavy atom. The summed E-state index contributed by atoms with van der Waals surface area (Å²) in [6.45, 7) is 6.16. The van der Waals surface area contributed by atoms with Crippen molar-refractivity contribution in [1.29, 1.82) is 5.26 Å². The van der Waals surface area contributed by atoms with Gasteiger partial charge >= 0.3 is 0 Å². The minimum atomic E-state index is -0.207. The van der Waals surface area contributed by atoms with E-state index < -0.39 is 0 Å². The number of ether oxygens (including phenoxy) is 2. The van der Waals surface area contributed by atoms with Gasteiger partial charge in [-0.1, -0.05) is 6.07 Å². The Balaban J connectivity index is 1.43. The van der Waals surface area contributed by atoms with Gasteiger partial charge in [-0.15, -0.1) is 0 Å². The molecule has 5 nitrogen and oxygen atoms in total. The molecule has 5 heteroatoms. The summed E-state index contributed by atoms with van der Waals surface area (Å²) >= 11 is 0. The van der Waals surface area contributed by atoms with Crippen LogP contribution in [0.2, 0.25) is 0 Å². The van der Waals surface area contributed by atoms with Crippen LogP contribution < -0.4 is 4.74 Å². The predicted octanol–water partition coefficient (Wildman–Crippen LogP) is 2.19. The van der Waals surface area contributed by atoms with Crippen LogP contribution in [0.1, 0.15) is 31.7 Å². The van der Waals surface area contributed by atoms with Crippen molar-refractivity contribution < 1.29 is 14.6 Å². The lowest BCUT2D eigenvalue weighted by molar-refractivity contribution is -0.209. The maximum absolute atomic E-state index is 10.2. The molecule has 0 bridgehead atoms. The molecule has 2 atom stereocenters. The van der Waals surface area contributed by atoms with E-state index in [1.54, 1.807) is 12.1 Å². The summed E-state index contributed by atoms with van der Waals surface area (Å²) in [5.74, 6) is 0.744. The SMILES string of the molecule is CCOC1CC(O)C12CCN(CCOc1cccc(C#N)c1)CC2. The third-order valence-corrected chi connectivity index (χ3v) is 5.54. The monoisotopic (exact) mass is 330 g/mol. The zero-order valence-corrected chi connectivity index (χ0v) is 14.3. The molecule has 1 saturated carbocycles. The first-order valence-electron chi connectivity index (χ1n) is 8.83. The first kappa shape index (κ1) is 17.2. The summed E-state index contributed by atoms with van der Waals surface area (Å²) < 4.78 is 11.6. The Bertz CT molecular complexity index is 589. The number of aliphatic hydroxyl groups is 1. The first-order valence-corrected chi connectivity index (χ1v) is 8.83. The minimum absolute atomic E-state index is 0.0194. The molecule has 1 saturated heterocycles. The molecule has 2 aliphatic rings. The van der Waals surface area contributed by atoms with Gasteiger partial charge in [0, 0.05) is 25.0 Å². The van der Waals surface area contributed by atoms with Crippen LogP contribution in [0.5, 0.6) is 5.75 Å². The van der Waals surface area contributed by atoms with Crippen molar-refractivity contribution in [2.45, 2.75) is 38.4 Å². The minimum Gasteiger partial charge on any atom is -0.492 e. The highest BCUT2D eigenvalue weighted by molar-refractivity contribution is 5.36. The van der Waals surface area contributed by atoms with Crippen molar-refractivity contribution >= 4 is 0 Å². The van der Waals surface area contributed by atoms with Gasteiger partial charge in [0.1, 0.15) is 12.4 Å². The Morgan fingerprint density at radius 3 is 2.83 bits per heavy atom. The molecule has 0 radical (unpaired) electrons. The summed E-state index contributed by atoms with van der Waals surface area (Å²) in [4.78, 5) is 2.38. The van der Waals surface area contributed by atoms with E-state index in [0.29, 0.717) is 12.2 Å². The lowest BCUT2D eigenvalue weighted by Crippen LogP contribution is -2.62. The van der Waals surface area contributed by atoms with Gasteiger partial charge in [-0.2, -0.15) is 5.26 Å². The number of nitriles is 1. The standard InChI is InChI=1S/C19H26N2O3/c1-2-23-18-13-17(22)19(18)6-8-21(9-7-19)10-11-24-16-5-3-4-15(12-16)14-20/h3-5,12,17-18,22H,2,6-11,13H2,1H3. The maximum Gasteiger partial charge on any atom is 0.120 e. The highest BCUT2D eigenvalue weighted by Crippen LogP contribution is 2.50. The molecule has 2 fully saturated rings. The molecule has 0 amide bonds. The smallest absolute Gasteiger partial charge is 0.120 e. The fourth-order valence-corrected chi connectivity index (χ4v) is 3.96. The second-order valence-electron chi connectivity index (χ2n) is 6.76. The quantitative estimate of drug-likeness (QED) is 0.866. The van der Waals surface area contributed by atoms with Crippen molar-refractivity contribution in [3.8, 4) is 11.8 Å². The van der Waals surface area contributed by atoms with Crippen LogP contribution in [0.15, 0.2) is 24.3 Å². The number of aliphatic hydroxyl groups excluding tert-OH is 1. The predicted molar refractivity (Wildman–Crippen MR) is 90.8 cm³/mol. The Kier molecular flexibility index (Phi) is 5.40. The van der Waals surface area contributed by atoms with E-state index in [1.807, 2.05) is 19.1 Å². The fraction of sp³-hybridized carbons (Fsp3) is 0.632. The van der Waals surface area contributed by atoms with Crippen LogP contribution in [-0.4, -0.2) is 55.1 Å². The Hall–Kier alpha value is -1.61. The van der Waals surface area contributed by atoms with Crippen LogP contribution in [0, 0.1) is 16.7 Å². The average molecular weight is 330 g/mol. The van der Waals surface area contributed by atoms with Crippen LogP contribution in [-0.2, 0) is 4.74 Å². The summed E-state index contributed by atoms with van der Waals surface area (Å²) in [6, 6.07) is 9.38. The van der Waals surface area contributed by atoms with Crippen molar-refractivity contribution in [3.63, 3.8) is 0 Å². The first-order chi connectivity index (χ1) is 11.7. The molecule has 1 aromatic carbocycles. The summed E-state index contributed by atoms with van der Waals surface area (Å²) in [5, 5.41) is 19.1. The fourth-order valence-electron chi connectivity index (χ4n) is 3.96. The Labute approximate surface area is 143 Å². The summed E-state index contributed by atoms with van der Waals surface area (Å²) in [7, 11) is 0. The number of nitrogens with zero attached hydrogens (tertiary/aromatic N) is 2. The van der Waals surface area contributed by atoms with Crippen molar-refractivity contribution in [2.24, 2.45) is 5.41 Å². The van der Waals surface area contributed by atoms with Gasteiger partial charge in [-0.25, -0.2) is 0 Å². The van der Waals surface area contributed by atoms with Gasteiger partial charge in [0.2, 0.25) is 0 Å². The van der Waals surface area contributed by atoms with E-state index in [9.17, 15) is 5.11 Å². The summed E-state index contributed by atoms with van der Waals surface area (Å²) in [6.07, 6.45) is 2.78. The average Bonchev–Trinajstić information content (AvgIpc) is 2.62. The number of likely N-dealkylation sites (tertiary alicyclic amines) is 1. The molecule has 1 aliphatic carbocycles. The maximum atomic E-state index is 10.2. The lowest BCUT2D eigenvalue weighted by atomic mass is 9.58. The molecule has 3 rings (SSSR count). The molecular weight excluding hydrogens is 304 g/mol. The van der Waals surface area contributed by atoms with Crippen LogP contribution in [0.3, 0.4) is 0 Å². The summed E-state index contributed by atoms with van der Waals surface area (Å²) in [5.41, 5.74) is 0.599. The second-order valence-corrected chi connectivity index (χ2v) is 6.76. The van der Waals surface area contributed by atoms with Gasteiger partial charge in [-0.3, -0.25) is 4.90 Å². The third kappa shape index (κ3) is 3.41. The number of rotatable bonds is 6. The third-order valence-electron chi connectivity index (χ3n) is 5.54. The lowest BCUT2D eigenvalue weighted by Gasteiger charge is -2.56. The number of piperidine rings is 1. The number of hydrogen-bond donors (Lipinski definition) is 1. The van der Waals surface area contributed by atoms with Gasteiger partial charge in [-0.05, 0) is 51.1 Å². The van der Waals surface area contributed by atoms with E-state index in [1.165, 1.54) is 0 Å². The molecule has 130 valence electrons. The van der Waals surface area contributed by atoms with Gasteiger partial charge in [0.15, 0.2) is 0 Å². The Morgan fingerprint density at radius 1 is 1.38 bits per heavy atom. The molecule has 1 spiro atoms. The van der Waals surface area contributed by atoms with E-state index in [-0.39, 0.29) is 17.6 Å². The van der Waals surface area contributed by atoms with Gasteiger partial charge in [0.05, 0.1) is 23.8 Å². The molecule has 1 aromatic rings. The molecule has 1 aliphatic heterocycles. The highest BCUT2D eigenvalue weighted by atomic mass is 16.5. The van der Waals surface area contributed by atoms with E-state index in [2.05, 4.69) is 11.0 Å². The van der Waals surface area contributed by atoms with Crippen LogP contribution >= 0.6 is 0 Å². The largest absolute Gasteiger partial charge is 0.492 e.